The topological polar surface area (TPSA) is 138 Å². The molecule has 1 atom stereocenters. The number of ketones is 1. The highest BCUT2D eigenvalue weighted by Gasteiger charge is 2.38. The lowest BCUT2D eigenvalue weighted by Gasteiger charge is -2.22. The van der Waals surface area contributed by atoms with E-state index in [0.29, 0.717) is 16.7 Å². The number of benzene rings is 2. The van der Waals surface area contributed by atoms with E-state index in [1.807, 2.05) is 0 Å². The van der Waals surface area contributed by atoms with Gasteiger partial charge in [-0.1, -0.05) is 33.5 Å². The zero-order valence-corrected chi connectivity index (χ0v) is 13.6. The van der Waals surface area contributed by atoms with Crippen molar-refractivity contribution >= 4 is 26.5 Å². The van der Waals surface area contributed by atoms with Gasteiger partial charge in [-0.05, 0) is 34.4 Å². The van der Waals surface area contributed by atoms with Crippen LogP contribution >= 0.6 is 9.24 Å². The highest BCUT2D eigenvalue weighted by Crippen LogP contribution is 2.44. The van der Waals surface area contributed by atoms with E-state index in [1.165, 1.54) is 12.1 Å². The number of rotatable bonds is 3. The average molecular weight is 343 g/mol. The zero-order valence-electron chi connectivity index (χ0n) is 12.4. The lowest BCUT2D eigenvalue weighted by molar-refractivity contribution is -0.138. The van der Waals surface area contributed by atoms with Gasteiger partial charge in [0.1, 0.15) is 5.66 Å². The SMILES string of the molecule is NOC(=O)C(=O)c1ccc2c(c1)C(N)(N)c1cc(C(=O)P)ccc1-2. The summed E-state index contributed by atoms with van der Waals surface area (Å²) < 4.78 is 0. The van der Waals surface area contributed by atoms with Crippen LogP contribution in [0.15, 0.2) is 36.4 Å². The minimum absolute atomic E-state index is 0.0691. The molecule has 1 aliphatic rings. The van der Waals surface area contributed by atoms with Crippen LogP contribution < -0.4 is 17.4 Å². The van der Waals surface area contributed by atoms with Gasteiger partial charge in [-0.15, -0.1) is 0 Å². The highest BCUT2D eigenvalue weighted by atomic mass is 31.0. The molecule has 0 spiro atoms. The molecule has 0 aliphatic heterocycles. The third-order valence-corrected chi connectivity index (χ3v) is 4.39. The molecule has 2 aromatic carbocycles. The number of carbonyl (C=O) groups is 3. The molecule has 0 radical (unpaired) electrons. The third kappa shape index (κ3) is 2.35. The van der Waals surface area contributed by atoms with Gasteiger partial charge in [-0.3, -0.25) is 9.59 Å². The molecule has 7 nitrogen and oxygen atoms in total. The Bertz CT molecular complexity index is 908. The largest absolute Gasteiger partial charge is 0.398 e. The first-order valence-electron chi connectivity index (χ1n) is 6.89. The molecule has 24 heavy (non-hydrogen) atoms. The fourth-order valence-corrected chi connectivity index (χ4v) is 3.03. The van der Waals surface area contributed by atoms with Crippen LogP contribution in [0.25, 0.3) is 11.1 Å². The molecular weight excluding hydrogens is 329 g/mol. The van der Waals surface area contributed by atoms with Gasteiger partial charge in [-0.2, -0.15) is 5.90 Å². The van der Waals surface area contributed by atoms with Crippen LogP contribution in [0.1, 0.15) is 31.8 Å². The van der Waals surface area contributed by atoms with Crippen LogP contribution in [0, 0.1) is 0 Å². The summed E-state index contributed by atoms with van der Waals surface area (Å²) in [5.41, 5.74) is 14.0. The number of fused-ring (bicyclic) bond motifs is 3. The van der Waals surface area contributed by atoms with E-state index in [9.17, 15) is 14.4 Å². The molecule has 122 valence electrons. The Kier molecular flexibility index (Phi) is 3.81. The first kappa shape index (κ1) is 16.4. The molecule has 0 amide bonds. The number of Topliss-reactive ketones (excluding diaryl/α,β-unsaturated/α-hetero) is 1. The van der Waals surface area contributed by atoms with Crippen molar-refractivity contribution in [1.82, 2.24) is 0 Å². The molecule has 3 rings (SSSR count). The van der Waals surface area contributed by atoms with Crippen LogP contribution in [-0.2, 0) is 15.3 Å². The van der Waals surface area contributed by atoms with Crippen molar-refractivity contribution in [3.05, 3.63) is 58.7 Å². The fraction of sp³-hybridized carbons (Fsp3) is 0.0625. The monoisotopic (exact) mass is 343 g/mol. The third-order valence-electron chi connectivity index (χ3n) is 4.06. The minimum atomic E-state index is -1.40. The Morgan fingerprint density at radius 3 is 1.92 bits per heavy atom. The highest BCUT2D eigenvalue weighted by molar-refractivity contribution is 7.41. The van der Waals surface area contributed by atoms with E-state index in [-0.39, 0.29) is 11.1 Å². The zero-order chi connectivity index (χ0) is 17.6. The van der Waals surface area contributed by atoms with Gasteiger partial charge in [0, 0.05) is 11.1 Å². The Hall–Kier alpha value is -2.44. The summed E-state index contributed by atoms with van der Waals surface area (Å²) in [4.78, 5) is 38.7. The molecule has 0 fully saturated rings. The molecule has 0 aromatic heterocycles. The standard InChI is InChI=1S/C16H14N3O4P/c17-16(18)11-5-7(13(20)14(21)23-19)1-3-9(11)10-4-2-8(15(22)24)6-12(10)16/h1-6H,17-19,24H2. The van der Waals surface area contributed by atoms with Crippen LogP contribution in [0.5, 0.6) is 0 Å². The number of nitrogens with two attached hydrogens (primary N) is 3. The van der Waals surface area contributed by atoms with Crippen molar-refractivity contribution in [3.8, 4) is 11.1 Å². The van der Waals surface area contributed by atoms with Crippen LogP contribution in [0.4, 0.5) is 0 Å². The number of hydrogen-bond donors (Lipinski definition) is 3. The predicted octanol–water partition coefficient (Wildman–Crippen LogP) is 0.400. The summed E-state index contributed by atoms with van der Waals surface area (Å²) in [6.45, 7) is 0. The minimum Gasteiger partial charge on any atom is -0.367 e. The van der Waals surface area contributed by atoms with Crippen molar-refractivity contribution in [2.24, 2.45) is 17.4 Å². The van der Waals surface area contributed by atoms with Gasteiger partial charge in [0.05, 0.1) is 0 Å². The second-order valence-electron chi connectivity index (χ2n) is 5.49. The lowest BCUT2D eigenvalue weighted by Crippen LogP contribution is -2.45. The maximum atomic E-state index is 11.9. The van der Waals surface area contributed by atoms with Gasteiger partial charge in [0.25, 0.3) is 5.78 Å². The number of hydrogen-bond acceptors (Lipinski definition) is 7. The Balaban J connectivity index is 2.16. The molecular formula is C16H14N3O4P. The van der Waals surface area contributed by atoms with Crippen LogP contribution in [0.2, 0.25) is 0 Å². The summed E-state index contributed by atoms with van der Waals surface area (Å²) >= 11 is 0. The first-order chi connectivity index (χ1) is 11.3. The molecule has 1 aliphatic carbocycles. The maximum Gasteiger partial charge on any atom is 0.398 e. The molecule has 0 saturated carbocycles. The van der Waals surface area contributed by atoms with Crippen molar-refractivity contribution in [3.63, 3.8) is 0 Å². The average Bonchev–Trinajstić information content (AvgIpc) is 2.80. The predicted molar refractivity (Wildman–Crippen MR) is 89.7 cm³/mol. The fourth-order valence-electron chi connectivity index (χ4n) is 2.85. The van der Waals surface area contributed by atoms with Crippen molar-refractivity contribution in [2.45, 2.75) is 5.66 Å². The maximum absolute atomic E-state index is 11.9. The van der Waals surface area contributed by atoms with Gasteiger partial charge < -0.3 is 16.3 Å². The quantitative estimate of drug-likeness (QED) is 0.241. The van der Waals surface area contributed by atoms with Crippen molar-refractivity contribution in [1.29, 1.82) is 0 Å². The van der Waals surface area contributed by atoms with E-state index in [4.69, 9.17) is 17.4 Å². The summed E-state index contributed by atoms with van der Waals surface area (Å²) in [5.74, 6) is 2.66. The molecule has 1 unspecified atom stereocenters. The molecule has 6 N–H and O–H groups in total. The van der Waals surface area contributed by atoms with Gasteiger partial charge in [0.15, 0.2) is 5.52 Å². The second kappa shape index (κ2) is 5.58. The van der Waals surface area contributed by atoms with Gasteiger partial charge in [0.2, 0.25) is 0 Å². The first-order valence-corrected chi connectivity index (χ1v) is 7.47. The smallest absolute Gasteiger partial charge is 0.367 e. The van der Waals surface area contributed by atoms with Crippen LogP contribution in [-0.4, -0.2) is 17.3 Å². The van der Waals surface area contributed by atoms with E-state index in [0.717, 1.165) is 11.1 Å². The molecule has 2 aromatic rings. The van der Waals surface area contributed by atoms with Gasteiger partial charge in [-0.25, -0.2) is 4.79 Å². The van der Waals surface area contributed by atoms with E-state index < -0.39 is 17.4 Å². The number of carbonyl (C=O) groups excluding carboxylic acids is 3. The van der Waals surface area contributed by atoms with Crippen molar-refractivity contribution in [2.75, 3.05) is 0 Å². The Morgan fingerprint density at radius 1 is 0.917 bits per heavy atom. The van der Waals surface area contributed by atoms with Gasteiger partial charge >= 0.3 is 5.97 Å². The van der Waals surface area contributed by atoms with E-state index in [1.54, 1.807) is 24.3 Å². The van der Waals surface area contributed by atoms with E-state index in [2.05, 4.69) is 14.1 Å². The lowest BCUT2D eigenvalue weighted by atomic mass is 9.96. The molecule has 0 heterocycles. The second-order valence-corrected chi connectivity index (χ2v) is 6.01. The van der Waals surface area contributed by atoms with E-state index >= 15 is 0 Å². The Morgan fingerprint density at radius 2 is 1.42 bits per heavy atom. The normalized spacial score (nSPS) is 13.8. The summed E-state index contributed by atoms with van der Waals surface area (Å²) in [7, 11) is 2.09. The molecule has 0 bridgehead atoms. The summed E-state index contributed by atoms with van der Waals surface area (Å²) in [5, 5.41) is 0. The van der Waals surface area contributed by atoms with Crippen LogP contribution in [0.3, 0.4) is 0 Å². The molecule has 0 saturated heterocycles. The Labute approximate surface area is 139 Å². The van der Waals surface area contributed by atoms with Crippen molar-refractivity contribution < 1.29 is 19.2 Å². The summed E-state index contributed by atoms with van der Waals surface area (Å²) in [6, 6.07) is 9.61. The summed E-state index contributed by atoms with van der Waals surface area (Å²) in [6.07, 6.45) is 0. The molecule has 8 heteroatoms.